The van der Waals surface area contributed by atoms with Crippen LogP contribution in [0.15, 0.2) is 91.0 Å². The van der Waals surface area contributed by atoms with Crippen LogP contribution in [0, 0.1) is 5.41 Å². The Morgan fingerprint density at radius 1 is 0.759 bits per heavy atom. The van der Waals surface area contributed by atoms with Crippen molar-refractivity contribution in [2.75, 3.05) is 6.16 Å². The third kappa shape index (κ3) is 4.47. The summed E-state index contributed by atoms with van der Waals surface area (Å²) in [6.45, 7) is 8.98. The molecule has 0 radical (unpaired) electrons. The SMILES string of the molecule is CC[P+](c1ccccc1)(c1ccccc1)[C@H](C)[C@H](O)C(C)(C)Cc1ccccc1. The Kier molecular flexibility index (Phi) is 6.93. The molecule has 0 saturated carbocycles. The highest BCUT2D eigenvalue weighted by Crippen LogP contribution is 2.62. The summed E-state index contributed by atoms with van der Waals surface area (Å²) >= 11 is 0. The van der Waals surface area contributed by atoms with E-state index in [-0.39, 0.29) is 11.1 Å². The normalized spacial score (nSPS) is 14.4. The first-order valence-corrected chi connectivity index (χ1v) is 12.7. The van der Waals surface area contributed by atoms with Crippen molar-refractivity contribution in [3.05, 3.63) is 96.6 Å². The predicted octanol–water partition coefficient (Wildman–Crippen LogP) is 5.69. The van der Waals surface area contributed by atoms with Gasteiger partial charge in [0.15, 0.2) is 0 Å². The molecule has 0 unspecified atom stereocenters. The van der Waals surface area contributed by atoms with Crippen molar-refractivity contribution in [2.45, 2.75) is 45.9 Å². The van der Waals surface area contributed by atoms with Gasteiger partial charge in [-0.1, -0.05) is 80.6 Å². The molecule has 1 N–H and O–H groups in total. The third-order valence-corrected chi connectivity index (χ3v) is 11.5. The minimum absolute atomic E-state index is 0.163. The summed E-state index contributed by atoms with van der Waals surface area (Å²) in [7, 11) is -1.78. The van der Waals surface area contributed by atoms with Gasteiger partial charge in [0.05, 0.1) is 30.1 Å². The van der Waals surface area contributed by atoms with Gasteiger partial charge < -0.3 is 5.11 Å². The quantitative estimate of drug-likeness (QED) is 0.477. The fraction of sp³-hybridized carbons (Fsp3) is 0.333. The van der Waals surface area contributed by atoms with Gasteiger partial charge in [0.2, 0.25) is 0 Å². The first-order chi connectivity index (χ1) is 13.9. The number of rotatable bonds is 8. The van der Waals surface area contributed by atoms with E-state index in [9.17, 15) is 5.11 Å². The summed E-state index contributed by atoms with van der Waals surface area (Å²) in [5.74, 6) is 0. The molecule has 2 atom stereocenters. The molecule has 0 aliphatic heterocycles. The van der Waals surface area contributed by atoms with E-state index >= 15 is 0 Å². The Bertz CT molecular complexity index is 835. The van der Waals surface area contributed by atoms with Crippen molar-refractivity contribution in [1.82, 2.24) is 0 Å². The molecule has 0 saturated heterocycles. The molecule has 29 heavy (non-hydrogen) atoms. The second kappa shape index (κ2) is 9.24. The molecular formula is C27H34OP+. The van der Waals surface area contributed by atoms with Gasteiger partial charge in [0, 0.05) is 0 Å². The fourth-order valence-corrected chi connectivity index (χ4v) is 9.62. The summed E-state index contributed by atoms with van der Waals surface area (Å²) in [5, 5.41) is 14.5. The first kappa shape index (κ1) is 21.8. The monoisotopic (exact) mass is 405 g/mol. The maximum Gasteiger partial charge on any atom is 0.103 e. The number of hydrogen-bond acceptors (Lipinski definition) is 1. The van der Waals surface area contributed by atoms with Crippen LogP contribution in [0.25, 0.3) is 0 Å². The molecule has 0 fully saturated rings. The lowest BCUT2D eigenvalue weighted by Gasteiger charge is -2.40. The molecule has 3 aromatic carbocycles. The van der Waals surface area contributed by atoms with Crippen LogP contribution in [-0.4, -0.2) is 23.0 Å². The van der Waals surface area contributed by atoms with Crippen LogP contribution in [0.4, 0.5) is 0 Å². The van der Waals surface area contributed by atoms with Crippen molar-refractivity contribution in [3.8, 4) is 0 Å². The molecule has 3 rings (SSSR count). The highest BCUT2D eigenvalue weighted by Gasteiger charge is 2.52. The van der Waals surface area contributed by atoms with Gasteiger partial charge in [-0.2, -0.15) is 0 Å². The Hall–Kier alpha value is -1.95. The summed E-state index contributed by atoms with van der Waals surface area (Å²) in [6.07, 6.45) is 1.50. The lowest BCUT2D eigenvalue weighted by atomic mass is 9.79. The zero-order chi connectivity index (χ0) is 20.9. The van der Waals surface area contributed by atoms with Crippen LogP contribution >= 0.6 is 7.26 Å². The lowest BCUT2D eigenvalue weighted by molar-refractivity contribution is 0.0505. The van der Waals surface area contributed by atoms with Crippen LogP contribution in [-0.2, 0) is 6.42 Å². The lowest BCUT2D eigenvalue weighted by Crippen LogP contribution is -2.45. The molecule has 0 bridgehead atoms. The maximum absolute atomic E-state index is 11.7. The summed E-state index contributed by atoms with van der Waals surface area (Å²) < 4.78 is 0. The zero-order valence-corrected chi connectivity index (χ0v) is 19.0. The van der Waals surface area contributed by atoms with Gasteiger partial charge in [-0.25, -0.2) is 0 Å². The molecule has 0 amide bonds. The summed E-state index contributed by atoms with van der Waals surface area (Å²) in [5.41, 5.74) is 1.23. The molecule has 0 aliphatic rings. The fourth-order valence-electron chi connectivity index (χ4n) is 4.78. The highest BCUT2D eigenvalue weighted by atomic mass is 31.2. The van der Waals surface area contributed by atoms with Gasteiger partial charge in [0.25, 0.3) is 0 Å². The average Bonchev–Trinajstić information content (AvgIpc) is 2.76. The van der Waals surface area contributed by atoms with E-state index in [2.05, 4.69) is 113 Å². The highest BCUT2D eigenvalue weighted by molar-refractivity contribution is 7.90. The van der Waals surface area contributed by atoms with Gasteiger partial charge >= 0.3 is 0 Å². The molecule has 0 aliphatic carbocycles. The minimum Gasteiger partial charge on any atom is -0.388 e. The van der Waals surface area contributed by atoms with Crippen LogP contribution in [0.2, 0.25) is 0 Å². The van der Waals surface area contributed by atoms with E-state index in [0.29, 0.717) is 0 Å². The average molecular weight is 406 g/mol. The Morgan fingerprint density at radius 2 is 1.17 bits per heavy atom. The van der Waals surface area contributed by atoms with Gasteiger partial charge in [-0.05, 0) is 55.5 Å². The van der Waals surface area contributed by atoms with E-state index in [0.717, 1.165) is 12.6 Å². The van der Waals surface area contributed by atoms with Crippen LogP contribution in [0.5, 0.6) is 0 Å². The number of hydrogen-bond donors (Lipinski definition) is 1. The van der Waals surface area contributed by atoms with Crippen molar-refractivity contribution < 1.29 is 5.11 Å². The van der Waals surface area contributed by atoms with Gasteiger partial charge in [0.1, 0.15) is 5.66 Å². The van der Waals surface area contributed by atoms with E-state index in [4.69, 9.17) is 0 Å². The van der Waals surface area contributed by atoms with Crippen molar-refractivity contribution in [2.24, 2.45) is 5.41 Å². The Balaban J connectivity index is 2.03. The first-order valence-electron chi connectivity index (χ1n) is 10.6. The van der Waals surface area contributed by atoms with Crippen molar-refractivity contribution in [3.63, 3.8) is 0 Å². The molecule has 152 valence electrons. The summed E-state index contributed by atoms with van der Waals surface area (Å²) in [6, 6.07) is 32.3. The molecule has 0 spiro atoms. The molecule has 3 aromatic rings. The molecule has 1 nitrogen and oxygen atoms in total. The standard InChI is InChI=1S/C27H34OP/c1-5-29(24-17-11-7-12-18-24,25-19-13-8-14-20-25)22(2)26(28)27(3,4)21-23-15-9-6-10-16-23/h6-20,22,26,28H,5,21H2,1-4H3/q+1/t22-,26+/m1/s1. The van der Waals surface area contributed by atoms with E-state index in [1.807, 2.05) is 6.07 Å². The third-order valence-electron chi connectivity index (χ3n) is 6.39. The Morgan fingerprint density at radius 3 is 1.59 bits per heavy atom. The van der Waals surface area contributed by atoms with E-state index in [1.54, 1.807) is 0 Å². The van der Waals surface area contributed by atoms with E-state index < -0.39 is 13.4 Å². The van der Waals surface area contributed by atoms with Crippen molar-refractivity contribution >= 4 is 17.9 Å². The Labute approximate surface area is 177 Å². The number of benzene rings is 3. The molecular weight excluding hydrogens is 371 g/mol. The van der Waals surface area contributed by atoms with Gasteiger partial charge in [-0.15, -0.1) is 0 Å². The van der Waals surface area contributed by atoms with E-state index in [1.165, 1.54) is 16.2 Å². The van der Waals surface area contributed by atoms with Crippen molar-refractivity contribution in [1.29, 1.82) is 0 Å². The zero-order valence-electron chi connectivity index (χ0n) is 18.1. The largest absolute Gasteiger partial charge is 0.388 e. The maximum atomic E-state index is 11.7. The second-order valence-electron chi connectivity index (χ2n) is 8.69. The number of aliphatic hydroxyl groups is 1. The predicted molar refractivity (Wildman–Crippen MR) is 129 cm³/mol. The second-order valence-corrected chi connectivity index (χ2v) is 12.9. The van der Waals surface area contributed by atoms with Crippen LogP contribution < -0.4 is 10.6 Å². The molecule has 0 aromatic heterocycles. The van der Waals surface area contributed by atoms with Crippen LogP contribution in [0.1, 0.15) is 33.3 Å². The van der Waals surface area contributed by atoms with Gasteiger partial charge in [-0.3, -0.25) is 0 Å². The molecule has 0 heterocycles. The number of aliphatic hydroxyl groups excluding tert-OH is 1. The van der Waals surface area contributed by atoms with Crippen LogP contribution in [0.3, 0.4) is 0 Å². The smallest absolute Gasteiger partial charge is 0.103 e. The topological polar surface area (TPSA) is 20.2 Å². The summed E-state index contributed by atoms with van der Waals surface area (Å²) in [4.78, 5) is 0. The molecule has 2 heteroatoms. The minimum atomic E-state index is -1.78.